The maximum atomic E-state index is 11.9. The molecule has 0 aliphatic heterocycles. The van der Waals surface area contributed by atoms with E-state index in [9.17, 15) is 14.4 Å². The molecule has 9 atom stereocenters. The summed E-state index contributed by atoms with van der Waals surface area (Å²) in [5.41, 5.74) is 0.363. The Bertz CT molecular complexity index is 565. The van der Waals surface area contributed by atoms with Crippen LogP contribution >= 0.6 is 0 Å². The molecule has 0 aromatic rings. The van der Waals surface area contributed by atoms with Gasteiger partial charge in [-0.05, 0) is 84.9 Å². The van der Waals surface area contributed by atoms with Crippen LogP contribution in [0.1, 0.15) is 65.2 Å². The number of hydrogen-bond acceptors (Lipinski definition) is 3. The van der Waals surface area contributed by atoms with Gasteiger partial charge < -0.3 is 10.2 Å². The maximum Gasteiger partial charge on any atom is 0.0638 e. The Kier molecular flexibility index (Phi) is 4.45. The molecule has 0 heterocycles. The van der Waals surface area contributed by atoms with E-state index < -0.39 is 10.8 Å². The molecular weight excluding hydrogens is 332 g/mol. The zero-order valence-corrected chi connectivity index (χ0v) is 17.0. The predicted octanol–water partition coefficient (Wildman–Crippen LogP) is 3.36. The first kappa shape index (κ1) is 18.4. The monoisotopic (exact) mass is 368 g/mol. The van der Waals surface area contributed by atoms with Crippen LogP contribution < -0.4 is 0 Å². The van der Waals surface area contributed by atoms with Gasteiger partial charge in [-0.1, -0.05) is 20.3 Å². The van der Waals surface area contributed by atoms with Gasteiger partial charge in [-0.2, -0.15) is 0 Å². The molecule has 0 radical (unpaired) electrons. The van der Waals surface area contributed by atoms with Crippen molar-refractivity contribution in [3.8, 4) is 0 Å². The lowest BCUT2D eigenvalue weighted by Gasteiger charge is -2.70. The second-order valence-electron chi connectivity index (χ2n) is 10.4. The van der Waals surface area contributed by atoms with Crippen LogP contribution in [0.5, 0.6) is 0 Å². The Morgan fingerprint density at radius 2 is 1.80 bits per heavy atom. The van der Waals surface area contributed by atoms with E-state index in [0.717, 1.165) is 25.7 Å². The van der Waals surface area contributed by atoms with E-state index >= 15 is 0 Å². The minimum atomic E-state index is -0.826. The Balaban J connectivity index is 1.70. The van der Waals surface area contributed by atoms with Crippen LogP contribution in [0.25, 0.3) is 0 Å². The molecule has 0 aromatic carbocycles. The topological polar surface area (TPSA) is 57.5 Å². The van der Waals surface area contributed by atoms with Gasteiger partial charge in [-0.25, -0.2) is 0 Å². The van der Waals surface area contributed by atoms with Gasteiger partial charge >= 0.3 is 0 Å². The first-order valence-electron chi connectivity index (χ1n) is 10.4. The van der Waals surface area contributed by atoms with E-state index in [2.05, 4.69) is 13.8 Å². The highest BCUT2D eigenvalue weighted by molar-refractivity contribution is 7.84. The van der Waals surface area contributed by atoms with Crippen LogP contribution in [0.15, 0.2) is 0 Å². The molecule has 0 amide bonds. The summed E-state index contributed by atoms with van der Waals surface area (Å²) in [6.07, 6.45) is 11.0. The molecule has 0 saturated heterocycles. The van der Waals surface area contributed by atoms with Crippen molar-refractivity contribution < 1.29 is 14.4 Å². The quantitative estimate of drug-likeness (QED) is 0.803. The largest absolute Gasteiger partial charge is 0.396 e. The van der Waals surface area contributed by atoms with E-state index in [1.165, 1.54) is 25.7 Å². The Hall–Kier alpha value is 0.0700. The highest BCUT2D eigenvalue weighted by Gasteiger charge is 2.67. The number of rotatable bonds is 3. The lowest BCUT2D eigenvalue weighted by molar-refractivity contribution is -0.243. The van der Waals surface area contributed by atoms with Crippen molar-refractivity contribution in [3.05, 3.63) is 0 Å². The first-order valence-corrected chi connectivity index (χ1v) is 12.1. The molecule has 0 aromatic heterocycles. The Morgan fingerprint density at radius 3 is 2.48 bits per heavy atom. The molecule has 5 aliphatic carbocycles. The van der Waals surface area contributed by atoms with Crippen LogP contribution in [0.3, 0.4) is 0 Å². The lowest BCUT2D eigenvalue weighted by atomic mass is 9.35. The molecule has 5 saturated carbocycles. The summed E-state index contributed by atoms with van der Waals surface area (Å²) in [5, 5.41) is 21.5. The summed E-state index contributed by atoms with van der Waals surface area (Å²) in [7, 11) is -0.826. The van der Waals surface area contributed by atoms with Gasteiger partial charge in [0.25, 0.3) is 0 Å². The third kappa shape index (κ3) is 2.46. The van der Waals surface area contributed by atoms with Crippen LogP contribution in [0.2, 0.25) is 0 Å². The average molecular weight is 369 g/mol. The first-order chi connectivity index (χ1) is 11.8. The Labute approximate surface area is 155 Å². The van der Waals surface area contributed by atoms with Gasteiger partial charge in [0.1, 0.15) is 0 Å². The second kappa shape index (κ2) is 6.04. The molecule has 1 unspecified atom stereocenters. The fourth-order valence-electron chi connectivity index (χ4n) is 8.30. The molecule has 25 heavy (non-hydrogen) atoms. The SMILES string of the molecule is CS(=O)C[C@H]1[C@@H]2CC[C@@]3(CC[C@@H]4[C@](C)(CO)CCC[C@@]4(C)[C@@H]3C2)[C@@H]1O. The molecule has 2 bridgehead atoms. The molecule has 2 N–H and O–H groups in total. The standard InChI is InChI=1S/C21H36O3S/c1-19(13-22)7-4-8-20(2)16(19)6-10-21-9-5-14(11-17(20)21)15(18(21)23)12-25(3)24/h14-18,22-23H,4-13H2,1-3H3/t14-,15+,16-,17+,18-,19+,20-,21+,25?/m1/s1. The molecule has 5 aliphatic rings. The smallest absolute Gasteiger partial charge is 0.0638 e. The fourth-order valence-corrected chi connectivity index (χ4v) is 9.29. The van der Waals surface area contributed by atoms with E-state index in [1.807, 2.05) is 0 Å². The molecule has 3 nitrogen and oxygen atoms in total. The highest BCUT2D eigenvalue weighted by Crippen LogP contribution is 2.72. The highest BCUT2D eigenvalue weighted by atomic mass is 32.2. The van der Waals surface area contributed by atoms with Gasteiger partial charge in [0.2, 0.25) is 0 Å². The Morgan fingerprint density at radius 1 is 1.08 bits per heavy atom. The number of aliphatic hydroxyl groups excluding tert-OH is 2. The molecule has 1 spiro atoms. The van der Waals surface area contributed by atoms with Crippen molar-refractivity contribution >= 4 is 10.8 Å². The summed E-state index contributed by atoms with van der Waals surface area (Å²) in [6, 6.07) is 0. The van der Waals surface area contributed by atoms with Gasteiger partial charge in [0.15, 0.2) is 0 Å². The summed E-state index contributed by atoms with van der Waals surface area (Å²) < 4.78 is 11.9. The molecular formula is C21H36O3S. The predicted molar refractivity (Wildman–Crippen MR) is 102 cm³/mol. The minimum Gasteiger partial charge on any atom is -0.396 e. The molecule has 144 valence electrons. The number of aliphatic hydroxyl groups is 2. The van der Waals surface area contributed by atoms with Crippen molar-refractivity contribution in [2.75, 3.05) is 18.6 Å². The zero-order valence-electron chi connectivity index (χ0n) is 16.2. The molecule has 5 rings (SSSR count). The van der Waals surface area contributed by atoms with Crippen LogP contribution in [-0.4, -0.2) is 39.1 Å². The fraction of sp³-hybridized carbons (Fsp3) is 1.00. The minimum absolute atomic E-state index is 0.0533. The number of hydrogen-bond donors (Lipinski definition) is 2. The maximum absolute atomic E-state index is 11.9. The summed E-state index contributed by atoms with van der Waals surface area (Å²) in [4.78, 5) is 0. The van der Waals surface area contributed by atoms with Gasteiger partial charge in [0, 0.05) is 29.4 Å². The van der Waals surface area contributed by atoms with Crippen molar-refractivity contribution in [1.82, 2.24) is 0 Å². The van der Waals surface area contributed by atoms with Crippen LogP contribution in [0, 0.1) is 39.9 Å². The van der Waals surface area contributed by atoms with E-state index in [1.54, 1.807) is 6.26 Å². The lowest BCUT2D eigenvalue weighted by Crippen LogP contribution is -2.67. The van der Waals surface area contributed by atoms with Crippen molar-refractivity contribution in [3.63, 3.8) is 0 Å². The van der Waals surface area contributed by atoms with Gasteiger partial charge in [0.05, 0.1) is 6.10 Å². The molecule has 4 heteroatoms. The van der Waals surface area contributed by atoms with Crippen molar-refractivity contribution in [2.45, 2.75) is 71.3 Å². The van der Waals surface area contributed by atoms with E-state index in [4.69, 9.17) is 0 Å². The second-order valence-corrected chi connectivity index (χ2v) is 11.9. The van der Waals surface area contributed by atoms with Crippen LogP contribution in [-0.2, 0) is 10.8 Å². The van der Waals surface area contributed by atoms with E-state index in [0.29, 0.717) is 30.1 Å². The summed E-state index contributed by atoms with van der Waals surface area (Å²) in [5.74, 6) is 2.63. The third-order valence-electron chi connectivity index (χ3n) is 9.40. The summed E-state index contributed by atoms with van der Waals surface area (Å²) in [6.45, 7) is 5.08. The van der Waals surface area contributed by atoms with Crippen molar-refractivity contribution in [2.24, 2.45) is 39.9 Å². The molecule has 5 fully saturated rings. The third-order valence-corrected chi connectivity index (χ3v) is 10.3. The average Bonchev–Trinajstić information content (AvgIpc) is 2.57. The van der Waals surface area contributed by atoms with E-state index in [-0.39, 0.29) is 28.3 Å². The number of fused-ring (bicyclic) bond motifs is 3. The van der Waals surface area contributed by atoms with Gasteiger partial charge in [-0.15, -0.1) is 0 Å². The van der Waals surface area contributed by atoms with Crippen molar-refractivity contribution in [1.29, 1.82) is 0 Å². The van der Waals surface area contributed by atoms with Crippen LogP contribution in [0.4, 0.5) is 0 Å². The normalized spacial score (nSPS) is 56.1. The van der Waals surface area contributed by atoms with Gasteiger partial charge in [-0.3, -0.25) is 4.21 Å². The summed E-state index contributed by atoms with van der Waals surface area (Å²) >= 11 is 0. The zero-order chi connectivity index (χ0) is 18.0.